The summed E-state index contributed by atoms with van der Waals surface area (Å²) in [6.45, 7) is 2.38. The van der Waals surface area contributed by atoms with E-state index >= 15 is 0 Å². The molecule has 2 heterocycles. The lowest BCUT2D eigenvalue weighted by molar-refractivity contribution is -0.132. The van der Waals surface area contributed by atoms with Crippen LogP contribution in [0.1, 0.15) is 25.7 Å². The van der Waals surface area contributed by atoms with Gasteiger partial charge in [-0.2, -0.15) is 0 Å². The van der Waals surface area contributed by atoms with Gasteiger partial charge in [-0.1, -0.05) is 0 Å². The van der Waals surface area contributed by atoms with E-state index in [0.717, 1.165) is 38.8 Å². The summed E-state index contributed by atoms with van der Waals surface area (Å²) < 4.78 is 5.37. The number of aliphatic hydroxyl groups excluding tert-OH is 1. The van der Waals surface area contributed by atoms with Crippen molar-refractivity contribution in [2.75, 3.05) is 26.3 Å². The van der Waals surface area contributed by atoms with Gasteiger partial charge in [0.2, 0.25) is 0 Å². The highest BCUT2D eigenvalue weighted by molar-refractivity contribution is 5.91. The van der Waals surface area contributed by atoms with Crippen molar-refractivity contribution in [1.29, 1.82) is 0 Å². The first kappa shape index (κ1) is 11.5. The van der Waals surface area contributed by atoms with Gasteiger partial charge in [-0.15, -0.1) is 0 Å². The molecule has 2 aliphatic rings. The van der Waals surface area contributed by atoms with E-state index in [-0.39, 0.29) is 12.5 Å². The standard InChI is InChI=1S/C12H19NO3/c14-9-10-4-6-13(7-5-10)12(15)11-3-1-2-8-16-11/h3,10,14H,1-2,4-9H2. The maximum absolute atomic E-state index is 12.0. The largest absolute Gasteiger partial charge is 0.488 e. The van der Waals surface area contributed by atoms with Crippen molar-refractivity contribution in [3.05, 3.63) is 11.8 Å². The molecule has 0 spiro atoms. The van der Waals surface area contributed by atoms with E-state index in [1.165, 1.54) is 0 Å². The first-order chi connectivity index (χ1) is 7.81. The molecule has 0 atom stereocenters. The number of hydrogen-bond acceptors (Lipinski definition) is 3. The number of aliphatic hydroxyl groups is 1. The molecule has 2 rings (SSSR count). The van der Waals surface area contributed by atoms with Gasteiger partial charge in [0.25, 0.3) is 5.91 Å². The predicted octanol–water partition coefficient (Wildman–Crippen LogP) is 0.912. The SMILES string of the molecule is O=C(C1=CCCCO1)N1CCC(CO)CC1. The Kier molecular flexibility index (Phi) is 3.83. The zero-order chi connectivity index (χ0) is 11.4. The zero-order valence-corrected chi connectivity index (χ0v) is 9.52. The molecule has 16 heavy (non-hydrogen) atoms. The van der Waals surface area contributed by atoms with E-state index in [1.807, 2.05) is 11.0 Å². The summed E-state index contributed by atoms with van der Waals surface area (Å²) >= 11 is 0. The fraction of sp³-hybridized carbons (Fsp3) is 0.750. The van der Waals surface area contributed by atoms with E-state index in [9.17, 15) is 4.79 Å². The molecular weight excluding hydrogens is 206 g/mol. The first-order valence-corrected chi connectivity index (χ1v) is 6.04. The molecule has 2 aliphatic heterocycles. The monoisotopic (exact) mass is 225 g/mol. The fourth-order valence-electron chi connectivity index (χ4n) is 2.18. The Hall–Kier alpha value is -1.03. The Morgan fingerprint density at radius 3 is 2.81 bits per heavy atom. The summed E-state index contributed by atoms with van der Waals surface area (Å²) in [6, 6.07) is 0. The molecule has 0 aliphatic carbocycles. The van der Waals surface area contributed by atoms with Gasteiger partial charge in [0.1, 0.15) is 0 Å². The predicted molar refractivity (Wildman–Crippen MR) is 59.7 cm³/mol. The molecule has 0 aromatic carbocycles. The summed E-state index contributed by atoms with van der Waals surface area (Å²) in [7, 11) is 0. The van der Waals surface area contributed by atoms with Crippen LogP contribution in [0.3, 0.4) is 0 Å². The number of hydrogen-bond donors (Lipinski definition) is 1. The van der Waals surface area contributed by atoms with Crippen molar-refractivity contribution in [2.24, 2.45) is 5.92 Å². The minimum Gasteiger partial charge on any atom is -0.488 e. The average molecular weight is 225 g/mol. The summed E-state index contributed by atoms with van der Waals surface area (Å²) in [6.07, 6.45) is 5.63. The molecule has 0 aromatic rings. The van der Waals surface area contributed by atoms with Gasteiger partial charge in [0.05, 0.1) is 6.61 Å². The fourth-order valence-corrected chi connectivity index (χ4v) is 2.18. The number of allylic oxidation sites excluding steroid dienone is 1. The number of piperidine rings is 1. The van der Waals surface area contributed by atoms with Gasteiger partial charge in [-0.25, -0.2) is 0 Å². The second-order valence-electron chi connectivity index (χ2n) is 4.48. The Balaban J connectivity index is 1.88. The van der Waals surface area contributed by atoms with E-state index in [1.54, 1.807) is 0 Å². The lowest BCUT2D eigenvalue weighted by Crippen LogP contribution is -2.40. The molecular formula is C12H19NO3. The smallest absolute Gasteiger partial charge is 0.288 e. The van der Waals surface area contributed by atoms with Gasteiger partial charge in [-0.05, 0) is 37.7 Å². The molecule has 0 radical (unpaired) electrons. The van der Waals surface area contributed by atoms with Gasteiger partial charge in [-0.3, -0.25) is 4.79 Å². The third kappa shape index (κ3) is 2.55. The highest BCUT2D eigenvalue weighted by atomic mass is 16.5. The number of rotatable bonds is 2. The van der Waals surface area contributed by atoms with Gasteiger partial charge in [0.15, 0.2) is 5.76 Å². The minimum atomic E-state index is 0.0242. The second-order valence-corrected chi connectivity index (χ2v) is 4.48. The lowest BCUT2D eigenvalue weighted by atomic mass is 9.98. The van der Waals surface area contributed by atoms with Crippen molar-refractivity contribution in [3.63, 3.8) is 0 Å². The van der Waals surface area contributed by atoms with Crippen LogP contribution >= 0.6 is 0 Å². The van der Waals surface area contributed by atoms with Gasteiger partial charge < -0.3 is 14.7 Å². The first-order valence-electron chi connectivity index (χ1n) is 6.04. The minimum absolute atomic E-state index is 0.0242. The Morgan fingerprint density at radius 2 is 2.25 bits per heavy atom. The summed E-state index contributed by atoms with van der Waals surface area (Å²) in [4.78, 5) is 13.9. The van der Waals surface area contributed by atoms with Crippen molar-refractivity contribution in [1.82, 2.24) is 4.90 Å². The van der Waals surface area contributed by atoms with Gasteiger partial charge in [0, 0.05) is 19.7 Å². The van der Waals surface area contributed by atoms with Crippen molar-refractivity contribution < 1.29 is 14.6 Å². The molecule has 0 aromatic heterocycles. The van der Waals surface area contributed by atoms with E-state index in [0.29, 0.717) is 18.3 Å². The van der Waals surface area contributed by atoms with Crippen molar-refractivity contribution in [3.8, 4) is 0 Å². The molecule has 0 bridgehead atoms. The number of ether oxygens (including phenoxy) is 1. The molecule has 1 amide bonds. The molecule has 0 saturated carbocycles. The van der Waals surface area contributed by atoms with Gasteiger partial charge >= 0.3 is 0 Å². The Bertz CT molecular complexity index is 280. The third-order valence-electron chi connectivity index (χ3n) is 3.31. The maximum Gasteiger partial charge on any atom is 0.288 e. The highest BCUT2D eigenvalue weighted by Crippen LogP contribution is 2.20. The van der Waals surface area contributed by atoms with Crippen LogP contribution in [0.5, 0.6) is 0 Å². The number of carbonyl (C=O) groups is 1. The topological polar surface area (TPSA) is 49.8 Å². The van der Waals surface area contributed by atoms with Crippen LogP contribution in [-0.2, 0) is 9.53 Å². The van der Waals surface area contributed by atoms with Crippen LogP contribution < -0.4 is 0 Å². The van der Waals surface area contributed by atoms with Crippen LogP contribution in [0.25, 0.3) is 0 Å². The molecule has 4 heteroatoms. The van der Waals surface area contributed by atoms with Crippen LogP contribution in [0.15, 0.2) is 11.8 Å². The summed E-state index contributed by atoms with van der Waals surface area (Å²) in [5, 5.41) is 9.03. The van der Waals surface area contributed by atoms with Crippen LogP contribution in [0, 0.1) is 5.92 Å². The van der Waals surface area contributed by atoms with Crippen LogP contribution in [0.2, 0.25) is 0 Å². The van der Waals surface area contributed by atoms with Crippen molar-refractivity contribution in [2.45, 2.75) is 25.7 Å². The van der Waals surface area contributed by atoms with Crippen LogP contribution in [0.4, 0.5) is 0 Å². The number of nitrogens with zero attached hydrogens (tertiary/aromatic N) is 1. The highest BCUT2D eigenvalue weighted by Gasteiger charge is 2.25. The zero-order valence-electron chi connectivity index (χ0n) is 9.52. The lowest BCUT2D eigenvalue weighted by Gasteiger charge is -2.32. The number of carbonyl (C=O) groups excluding carboxylic acids is 1. The molecule has 1 fully saturated rings. The molecule has 4 nitrogen and oxygen atoms in total. The number of amides is 1. The molecule has 0 unspecified atom stereocenters. The summed E-state index contributed by atoms with van der Waals surface area (Å²) in [5.41, 5.74) is 0. The van der Waals surface area contributed by atoms with E-state index < -0.39 is 0 Å². The quantitative estimate of drug-likeness (QED) is 0.760. The third-order valence-corrected chi connectivity index (χ3v) is 3.31. The average Bonchev–Trinajstić information content (AvgIpc) is 2.39. The Morgan fingerprint density at radius 1 is 1.50 bits per heavy atom. The Labute approximate surface area is 95.9 Å². The molecule has 90 valence electrons. The van der Waals surface area contributed by atoms with Crippen LogP contribution in [-0.4, -0.2) is 42.2 Å². The maximum atomic E-state index is 12.0. The summed E-state index contributed by atoms with van der Waals surface area (Å²) in [5.74, 6) is 0.912. The van der Waals surface area contributed by atoms with Crippen molar-refractivity contribution >= 4 is 5.91 Å². The molecule has 1 saturated heterocycles. The second kappa shape index (κ2) is 5.34. The normalized spacial score (nSPS) is 22.6. The number of likely N-dealkylation sites (tertiary alicyclic amines) is 1. The molecule has 1 N–H and O–H groups in total. The van der Waals surface area contributed by atoms with E-state index in [4.69, 9.17) is 9.84 Å². The van der Waals surface area contributed by atoms with E-state index in [2.05, 4.69) is 0 Å².